The second-order valence-electron chi connectivity index (χ2n) is 3.95. The zero-order valence-corrected chi connectivity index (χ0v) is 12.0. The van der Waals surface area contributed by atoms with Gasteiger partial charge in [-0.25, -0.2) is 9.78 Å². The number of aromatic carboxylic acids is 1. The molecule has 2 aromatic heterocycles. The van der Waals surface area contributed by atoms with Gasteiger partial charge in [0.15, 0.2) is 0 Å². The van der Waals surface area contributed by atoms with Crippen LogP contribution in [-0.2, 0) is 12.8 Å². The van der Waals surface area contributed by atoms with Gasteiger partial charge in [-0.3, -0.25) is 4.68 Å². The Morgan fingerprint density at radius 2 is 2.32 bits per heavy atom. The number of thioether (sulfide) groups is 1. The van der Waals surface area contributed by atoms with Gasteiger partial charge in [0.1, 0.15) is 0 Å². The summed E-state index contributed by atoms with van der Waals surface area (Å²) in [6, 6.07) is 3.01. The van der Waals surface area contributed by atoms with Gasteiger partial charge in [0, 0.05) is 19.0 Å². The van der Waals surface area contributed by atoms with Crippen molar-refractivity contribution < 1.29 is 9.90 Å². The van der Waals surface area contributed by atoms with E-state index in [9.17, 15) is 4.79 Å². The summed E-state index contributed by atoms with van der Waals surface area (Å²) in [6.07, 6.45) is 1.49. The third-order valence-corrected chi connectivity index (χ3v) is 4.03. The van der Waals surface area contributed by atoms with Gasteiger partial charge in [-0.05, 0) is 19.1 Å². The maximum absolute atomic E-state index is 10.9. The summed E-state index contributed by atoms with van der Waals surface area (Å²) < 4.78 is 1.73. The van der Waals surface area contributed by atoms with E-state index in [1.165, 1.54) is 24.0 Å². The number of carbonyl (C=O) groups is 1. The fourth-order valence-electron chi connectivity index (χ4n) is 1.60. The number of nitrogens with zero attached hydrogens (tertiary/aromatic N) is 3. The number of carboxylic acid groups (broad SMARTS) is 1. The van der Waals surface area contributed by atoms with E-state index in [-0.39, 0.29) is 5.56 Å². The van der Waals surface area contributed by atoms with Gasteiger partial charge in [-0.1, -0.05) is 23.4 Å². The van der Waals surface area contributed by atoms with E-state index in [1.807, 2.05) is 14.0 Å². The molecular weight excluding hydrogens is 286 g/mol. The molecule has 0 aliphatic rings. The lowest BCUT2D eigenvalue weighted by molar-refractivity contribution is 0.0696. The van der Waals surface area contributed by atoms with Crippen LogP contribution < -0.4 is 0 Å². The Hall–Kier alpha value is -1.53. The van der Waals surface area contributed by atoms with Crippen molar-refractivity contribution in [2.24, 2.45) is 7.05 Å². The van der Waals surface area contributed by atoms with Gasteiger partial charge in [0.25, 0.3) is 0 Å². The Kier molecular flexibility index (Phi) is 4.11. The molecule has 7 heteroatoms. The highest BCUT2D eigenvalue weighted by molar-refractivity contribution is 7.98. The van der Waals surface area contributed by atoms with Crippen LogP contribution in [0.2, 0.25) is 5.02 Å². The van der Waals surface area contributed by atoms with E-state index >= 15 is 0 Å². The lowest BCUT2D eigenvalue weighted by Gasteiger charge is -2.03. The highest BCUT2D eigenvalue weighted by atomic mass is 35.5. The van der Waals surface area contributed by atoms with Crippen molar-refractivity contribution in [2.75, 3.05) is 0 Å². The molecule has 0 amide bonds. The average molecular weight is 298 g/mol. The van der Waals surface area contributed by atoms with Crippen LogP contribution in [0, 0.1) is 6.92 Å². The van der Waals surface area contributed by atoms with Crippen LogP contribution in [0.5, 0.6) is 0 Å². The van der Waals surface area contributed by atoms with E-state index in [0.717, 1.165) is 11.4 Å². The van der Waals surface area contributed by atoms with Crippen molar-refractivity contribution >= 4 is 29.3 Å². The molecule has 0 aromatic carbocycles. The molecule has 0 spiro atoms. The summed E-state index contributed by atoms with van der Waals surface area (Å²) in [5.74, 6) is -0.370. The van der Waals surface area contributed by atoms with Gasteiger partial charge < -0.3 is 5.11 Å². The fraction of sp³-hybridized carbons (Fsp3) is 0.250. The highest BCUT2D eigenvalue weighted by Crippen LogP contribution is 2.27. The molecule has 2 heterocycles. The number of hydrogen-bond donors (Lipinski definition) is 1. The summed E-state index contributed by atoms with van der Waals surface area (Å²) >= 11 is 7.58. The number of halogens is 1. The molecule has 0 atom stereocenters. The quantitative estimate of drug-likeness (QED) is 0.879. The molecule has 0 aliphatic heterocycles. The second-order valence-corrected chi connectivity index (χ2v) is 5.32. The zero-order valence-electron chi connectivity index (χ0n) is 10.4. The number of pyridine rings is 1. The first-order chi connectivity index (χ1) is 8.99. The minimum atomic E-state index is -0.960. The van der Waals surface area contributed by atoms with Crippen molar-refractivity contribution in [3.63, 3.8) is 0 Å². The predicted molar refractivity (Wildman–Crippen MR) is 73.7 cm³/mol. The Morgan fingerprint density at radius 3 is 2.89 bits per heavy atom. The first-order valence-corrected chi connectivity index (χ1v) is 6.85. The van der Waals surface area contributed by atoms with Gasteiger partial charge in [0.2, 0.25) is 0 Å². The van der Waals surface area contributed by atoms with Gasteiger partial charge in [-0.15, -0.1) is 0 Å². The van der Waals surface area contributed by atoms with Crippen LogP contribution >= 0.6 is 23.4 Å². The van der Waals surface area contributed by atoms with Crippen LogP contribution in [0.3, 0.4) is 0 Å². The van der Waals surface area contributed by atoms with Crippen LogP contribution in [0.1, 0.15) is 21.7 Å². The molecule has 0 bridgehead atoms. The van der Waals surface area contributed by atoms with Gasteiger partial charge in [-0.2, -0.15) is 5.10 Å². The van der Waals surface area contributed by atoms with Crippen molar-refractivity contribution in [1.29, 1.82) is 0 Å². The summed E-state index contributed by atoms with van der Waals surface area (Å²) in [7, 11) is 1.83. The van der Waals surface area contributed by atoms with Crippen molar-refractivity contribution in [3.8, 4) is 0 Å². The molecule has 5 nitrogen and oxygen atoms in total. The summed E-state index contributed by atoms with van der Waals surface area (Å²) in [5, 5.41) is 14.4. The Bertz CT molecular complexity index is 627. The maximum atomic E-state index is 10.9. The highest BCUT2D eigenvalue weighted by Gasteiger charge is 2.12. The topological polar surface area (TPSA) is 68.0 Å². The Balaban J connectivity index is 2.14. The molecule has 19 heavy (non-hydrogen) atoms. The molecule has 0 saturated heterocycles. The SMILES string of the molecule is Cc1nn(C)c(CSc2cc(C(=O)O)ccn2)c1Cl. The Labute approximate surface area is 119 Å². The van der Waals surface area contributed by atoms with Crippen LogP contribution in [-0.4, -0.2) is 25.8 Å². The molecule has 0 saturated carbocycles. The fourth-order valence-corrected chi connectivity index (χ4v) is 2.87. The molecule has 100 valence electrons. The lowest BCUT2D eigenvalue weighted by Crippen LogP contribution is -1.98. The predicted octanol–water partition coefficient (Wildman–Crippen LogP) is 2.77. The van der Waals surface area contributed by atoms with Crippen LogP contribution in [0.4, 0.5) is 0 Å². The molecule has 2 aromatic rings. The van der Waals surface area contributed by atoms with E-state index in [0.29, 0.717) is 15.8 Å². The number of rotatable bonds is 4. The summed E-state index contributed by atoms with van der Waals surface area (Å²) in [4.78, 5) is 15.0. The molecule has 0 unspecified atom stereocenters. The summed E-state index contributed by atoms with van der Waals surface area (Å²) in [6.45, 7) is 1.85. The standard InChI is InChI=1S/C12H12ClN3O2S/c1-7-11(13)9(16(2)15-7)6-19-10-5-8(12(17)18)3-4-14-10/h3-5H,6H2,1-2H3,(H,17,18). The minimum Gasteiger partial charge on any atom is -0.478 e. The van der Waals surface area contributed by atoms with E-state index in [1.54, 1.807) is 10.7 Å². The normalized spacial score (nSPS) is 10.7. The zero-order chi connectivity index (χ0) is 14.0. The number of aryl methyl sites for hydroxylation is 2. The van der Waals surface area contributed by atoms with Gasteiger partial charge >= 0.3 is 5.97 Å². The minimum absolute atomic E-state index is 0.227. The molecule has 0 radical (unpaired) electrons. The largest absolute Gasteiger partial charge is 0.478 e. The number of aromatic nitrogens is 3. The van der Waals surface area contributed by atoms with Crippen LogP contribution in [0.25, 0.3) is 0 Å². The van der Waals surface area contributed by atoms with Crippen molar-refractivity contribution in [2.45, 2.75) is 17.7 Å². The van der Waals surface area contributed by atoms with E-state index < -0.39 is 5.97 Å². The lowest BCUT2D eigenvalue weighted by atomic mass is 10.3. The molecule has 1 N–H and O–H groups in total. The molecule has 2 rings (SSSR count). The van der Waals surface area contributed by atoms with Gasteiger partial charge in [0.05, 0.1) is 27.0 Å². The smallest absolute Gasteiger partial charge is 0.335 e. The average Bonchev–Trinajstić information content (AvgIpc) is 2.61. The first kappa shape index (κ1) is 13.9. The summed E-state index contributed by atoms with van der Waals surface area (Å²) in [5.41, 5.74) is 1.91. The third-order valence-electron chi connectivity index (χ3n) is 2.60. The van der Waals surface area contributed by atoms with Crippen LogP contribution in [0.15, 0.2) is 23.4 Å². The van der Waals surface area contributed by atoms with Crippen molar-refractivity contribution in [1.82, 2.24) is 14.8 Å². The first-order valence-electron chi connectivity index (χ1n) is 5.49. The molecule has 0 fully saturated rings. The second kappa shape index (κ2) is 5.63. The molecule has 0 aliphatic carbocycles. The maximum Gasteiger partial charge on any atom is 0.335 e. The Morgan fingerprint density at radius 1 is 1.58 bits per heavy atom. The number of carboxylic acids is 1. The van der Waals surface area contributed by atoms with Crippen molar-refractivity contribution in [3.05, 3.63) is 40.3 Å². The van der Waals surface area contributed by atoms with E-state index in [4.69, 9.17) is 16.7 Å². The molecular formula is C12H12ClN3O2S. The number of hydrogen-bond acceptors (Lipinski definition) is 4. The van der Waals surface area contributed by atoms with E-state index in [2.05, 4.69) is 10.1 Å². The third kappa shape index (κ3) is 3.08. The monoisotopic (exact) mass is 297 g/mol.